The summed E-state index contributed by atoms with van der Waals surface area (Å²) in [4.78, 5) is 24.4. The summed E-state index contributed by atoms with van der Waals surface area (Å²) in [6.07, 6.45) is -4.53. The summed E-state index contributed by atoms with van der Waals surface area (Å²) in [7, 11) is 3.20. The molecule has 1 heterocycles. The van der Waals surface area contributed by atoms with Crippen LogP contribution in [0.15, 0.2) is 53.7 Å². The van der Waals surface area contributed by atoms with E-state index in [-0.39, 0.29) is 23.8 Å². The van der Waals surface area contributed by atoms with Gasteiger partial charge in [0.15, 0.2) is 5.16 Å². The van der Waals surface area contributed by atoms with E-state index in [0.717, 1.165) is 23.9 Å². The molecule has 0 fully saturated rings. The monoisotopic (exact) mass is 479 g/mol. The third-order valence-corrected chi connectivity index (χ3v) is 5.44. The number of halogens is 3. The van der Waals surface area contributed by atoms with E-state index in [4.69, 9.17) is 4.74 Å². The van der Waals surface area contributed by atoms with E-state index in [1.54, 1.807) is 43.0 Å². The number of aromatic nitrogens is 3. The van der Waals surface area contributed by atoms with Crippen LogP contribution in [0.1, 0.15) is 11.4 Å². The fraction of sp³-hybridized carbons (Fsp3) is 0.238. The number of amides is 2. The number of hydrogen-bond acceptors (Lipinski definition) is 6. The highest BCUT2D eigenvalue weighted by atomic mass is 32.2. The number of methoxy groups -OCH3 is 1. The minimum atomic E-state index is -4.50. The lowest BCUT2D eigenvalue weighted by atomic mass is 10.2. The second kappa shape index (κ2) is 10.4. The van der Waals surface area contributed by atoms with E-state index >= 15 is 0 Å². The van der Waals surface area contributed by atoms with Crippen molar-refractivity contribution in [3.63, 3.8) is 0 Å². The third-order valence-electron chi connectivity index (χ3n) is 4.42. The largest absolute Gasteiger partial charge is 0.497 e. The van der Waals surface area contributed by atoms with Gasteiger partial charge in [0.2, 0.25) is 11.8 Å². The van der Waals surface area contributed by atoms with Crippen LogP contribution in [0.4, 0.5) is 24.5 Å². The number of ether oxygens (including phenoxy) is 1. The summed E-state index contributed by atoms with van der Waals surface area (Å²) >= 11 is 1.05. The number of thioether (sulfide) groups is 1. The molecule has 3 rings (SSSR count). The van der Waals surface area contributed by atoms with Crippen molar-refractivity contribution in [3.8, 4) is 5.75 Å². The highest BCUT2D eigenvalue weighted by Crippen LogP contribution is 2.30. The fourth-order valence-electron chi connectivity index (χ4n) is 2.75. The summed E-state index contributed by atoms with van der Waals surface area (Å²) in [6, 6.07) is 11.2. The number of nitrogens with one attached hydrogen (secondary N) is 2. The molecule has 0 aliphatic heterocycles. The highest BCUT2D eigenvalue weighted by Gasteiger charge is 2.30. The summed E-state index contributed by atoms with van der Waals surface area (Å²) in [5, 5.41) is 13.5. The zero-order valence-corrected chi connectivity index (χ0v) is 18.5. The van der Waals surface area contributed by atoms with Crippen molar-refractivity contribution in [2.45, 2.75) is 17.8 Å². The SMILES string of the molecule is COc1ccc(NC(=O)Cc2nnc(SCC(=O)Nc3cccc(C(F)(F)F)c3)n2C)cc1. The molecule has 0 atom stereocenters. The third kappa shape index (κ3) is 6.72. The Labute approximate surface area is 191 Å². The molecule has 2 amide bonds. The van der Waals surface area contributed by atoms with Gasteiger partial charge in [-0.05, 0) is 42.5 Å². The van der Waals surface area contributed by atoms with Crippen LogP contribution in [0.3, 0.4) is 0 Å². The molecule has 0 aliphatic carbocycles. The molecule has 3 aromatic rings. The van der Waals surface area contributed by atoms with Gasteiger partial charge in [0.05, 0.1) is 24.8 Å². The Morgan fingerprint density at radius 2 is 1.73 bits per heavy atom. The van der Waals surface area contributed by atoms with Gasteiger partial charge in [-0.15, -0.1) is 10.2 Å². The van der Waals surface area contributed by atoms with Crippen molar-refractivity contribution in [2.24, 2.45) is 7.05 Å². The van der Waals surface area contributed by atoms with Crippen LogP contribution in [0.2, 0.25) is 0 Å². The second-order valence-corrected chi connectivity index (χ2v) is 7.77. The molecule has 174 valence electrons. The average molecular weight is 479 g/mol. The molecular formula is C21H20F3N5O3S. The van der Waals surface area contributed by atoms with Crippen LogP contribution in [-0.2, 0) is 29.2 Å². The number of carbonyl (C=O) groups excluding carboxylic acids is 2. The molecule has 0 bridgehead atoms. The van der Waals surface area contributed by atoms with Gasteiger partial charge < -0.3 is 19.9 Å². The van der Waals surface area contributed by atoms with Crippen molar-refractivity contribution in [3.05, 3.63) is 59.9 Å². The van der Waals surface area contributed by atoms with Crippen LogP contribution < -0.4 is 15.4 Å². The molecule has 2 aromatic carbocycles. The molecule has 12 heteroatoms. The van der Waals surface area contributed by atoms with E-state index < -0.39 is 17.6 Å². The standard InChI is InChI=1S/C21H20F3N5O3S/c1-29-17(11-18(30)25-14-6-8-16(32-2)9-7-14)27-28-20(29)33-12-19(31)26-15-5-3-4-13(10-15)21(22,23)24/h3-10H,11-12H2,1-2H3,(H,25,30)(H,26,31). The quantitative estimate of drug-likeness (QED) is 0.478. The molecule has 2 N–H and O–H groups in total. The fourth-order valence-corrected chi connectivity index (χ4v) is 3.48. The first kappa shape index (κ1) is 24.1. The van der Waals surface area contributed by atoms with Gasteiger partial charge in [0, 0.05) is 18.4 Å². The van der Waals surface area contributed by atoms with Gasteiger partial charge >= 0.3 is 6.18 Å². The number of hydrogen-bond donors (Lipinski definition) is 2. The lowest BCUT2D eigenvalue weighted by molar-refractivity contribution is -0.137. The zero-order valence-electron chi connectivity index (χ0n) is 17.6. The molecule has 33 heavy (non-hydrogen) atoms. The van der Waals surface area contributed by atoms with Crippen molar-refractivity contribution in [1.82, 2.24) is 14.8 Å². The number of carbonyl (C=O) groups is 2. The first-order chi connectivity index (χ1) is 15.7. The van der Waals surface area contributed by atoms with Crippen molar-refractivity contribution >= 4 is 35.0 Å². The molecule has 0 aliphatic rings. The number of benzene rings is 2. The number of alkyl halides is 3. The first-order valence-electron chi connectivity index (χ1n) is 9.58. The van der Waals surface area contributed by atoms with Crippen molar-refractivity contribution < 1.29 is 27.5 Å². The highest BCUT2D eigenvalue weighted by molar-refractivity contribution is 7.99. The molecule has 0 radical (unpaired) electrons. The van der Waals surface area contributed by atoms with Crippen molar-refractivity contribution in [1.29, 1.82) is 0 Å². The van der Waals surface area contributed by atoms with E-state index in [9.17, 15) is 22.8 Å². The first-order valence-corrected chi connectivity index (χ1v) is 10.6. The Morgan fingerprint density at radius 3 is 2.39 bits per heavy atom. The summed E-state index contributed by atoms with van der Waals surface area (Å²) in [5.41, 5.74) is -0.202. The van der Waals surface area contributed by atoms with E-state index in [0.29, 0.717) is 22.4 Å². The smallest absolute Gasteiger partial charge is 0.416 e. The van der Waals surface area contributed by atoms with Crippen LogP contribution in [0, 0.1) is 0 Å². The summed E-state index contributed by atoms with van der Waals surface area (Å²) in [5.74, 6) is 0.165. The predicted molar refractivity (Wildman–Crippen MR) is 117 cm³/mol. The second-order valence-electron chi connectivity index (χ2n) is 6.83. The van der Waals surface area contributed by atoms with Gasteiger partial charge in [-0.25, -0.2) is 0 Å². The zero-order chi connectivity index (χ0) is 24.0. The topological polar surface area (TPSA) is 98.1 Å². The minimum Gasteiger partial charge on any atom is -0.497 e. The summed E-state index contributed by atoms with van der Waals surface area (Å²) < 4.78 is 45.0. The Kier molecular flexibility index (Phi) is 7.59. The molecule has 8 nitrogen and oxygen atoms in total. The van der Waals surface area contributed by atoms with Gasteiger partial charge in [-0.2, -0.15) is 13.2 Å². The maximum atomic E-state index is 12.8. The Bertz CT molecular complexity index is 1130. The number of anilines is 2. The Balaban J connectivity index is 1.53. The Hall–Kier alpha value is -3.54. The van der Waals surface area contributed by atoms with E-state index in [1.807, 2.05) is 0 Å². The molecule has 0 spiro atoms. The molecule has 1 aromatic heterocycles. The van der Waals surface area contributed by atoms with Crippen LogP contribution >= 0.6 is 11.8 Å². The van der Waals surface area contributed by atoms with Crippen LogP contribution in [-0.4, -0.2) is 39.4 Å². The molecule has 0 unspecified atom stereocenters. The molecule has 0 saturated carbocycles. The number of nitrogens with zero attached hydrogens (tertiary/aromatic N) is 3. The van der Waals surface area contributed by atoms with Gasteiger partial charge in [-0.1, -0.05) is 17.8 Å². The average Bonchev–Trinajstić information content (AvgIpc) is 3.11. The van der Waals surface area contributed by atoms with Crippen LogP contribution in [0.5, 0.6) is 5.75 Å². The normalized spacial score (nSPS) is 11.2. The minimum absolute atomic E-state index is 0.0352. The lowest BCUT2D eigenvalue weighted by Crippen LogP contribution is -2.17. The maximum Gasteiger partial charge on any atom is 0.416 e. The summed E-state index contributed by atoms with van der Waals surface area (Å²) in [6.45, 7) is 0. The van der Waals surface area contributed by atoms with Crippen molar-refractivity contribution in [2.75, 3.05) is 23.5 Å². The molecular weight excluding hydrogens is 459 g/mol. The predicted octanol–water partition coefficient (Wildman–Crippen LogP) is 3.75. The maximum absolute atomic E-state index is 12.8. The van der Waals surface area contributed by atoms with E-state index in [1.165, 1.54) is 12.1 Å². The Morgan fingerprint density at radius 1 is 1.03 bits per heavy atom. The van der Waals surface area contributed by atoms with Gasteiger partial charge in [0.1, 0.15) is 11.6 Å². The van der Waals surface area contributed by atoms with E-state index in [2.05, 4.69) is 20.8 Å². The van der Waals surface area contributed by atoms with Gasteiger partial charge in [-0.3, -0.25) is 9.59 Å². The van der Waals surface area contributed by atoms with Gasteiger partial charge in [0.25, 0.3) is 0 Å². The van der Waals surface area contributed by atoms with Crippen LogP contribution in [0.25, 0.3) is 0 Å². The number of rotatable bonds is 8. The molecule has 0 saturated heterocycles. The lowest BCUT2D eigenvalue weighted by Gasteiger charge is -2.10.